The number of hydrogen-bond acceptors (Lipinski definition) is 3. The Labute approximate surface area is 199 Å². The van der Waals surface area contributed by atoms with Gasteiger partial charge in [-0.1, -0.05) is 17.7 Å². The van der Waals surface area contributed by atoms with Gasteiger partial charge in [0.2, 0.25) is 5.91 Å². The molecule has 0 aromatic heterocycles. The molecule has 1 fully saturated rings. The van der Waals surface area contributed by atoms with Crippen molar-refractivity contribution in [3.8, 4) is 5.75 Å². The van der Waals surface area contributed by atoms with Gasteiger partial charge in [0, 0.05) is 24.1 Å². The average molecular weight is 531 g/mol. The molecule has 178 valence electrons. The second kappa shape index (κ2) is 9.27. The molecule has 3 rings (SSSR count). The minimum atomic E-state index is -4.58. The van der Waals surface area contributed by atoms with Crippen LogP contribution in [0.4, 0.5) is 27.6 Å². The summed E-state index contributed by atoms with van der Waals surface area (Å²) < 4.78 is 68.5. The fourth-order valence-corrected chi connectivity index (χ4v) is 4.48. The van der Waals surface area contributed by atoms with Crippen LogP contribution in [0.2, 0.25) is 5.02 Å². The van der Waals surface area contributed by atoms with Gasteiger partial charge in [-0.3, -0.25) is 9.59 Å². The molecule has 0 spiro atoms. The second-order valence-electron chi connectivity index (χ2n) is 7.37. The van der Waals surface area contributed by atoms with Crippen LogP contribution in [0.25, 0.3) is 0 Å². The van der Waals surface area contributed by atoms with Crippen LogP contribution in [0, 0.1) is 17.6 Å². The Morgan fingerprint density at radius 2 is 1.79 bits per heavy atom. The number of ether oxygens (including phenoxy) is 1. The van der Waals surface area contributed by atoms with Gasteiger partial charge in [-0.25, -0.2) is 8.78 Å². The Morgan fingerprint density at radius 1 is 1.12 bits per heavy atom. The van der Waals surface area contributed by atoms with Crippen molar-refractivity contribution in [1.29, 1.82) is 0 Å². The molecule has 2 atom stereocenters. The third-order valence-electron chi connectivity index (χ3n) is 5.09. The van der Waals surface area contributed by atoms with E-state index in [-0.39, 0.29) is 10.7 Å². The zero-order chi connectivity index (χ0) is 24.7. The van der Waals surface area contributed by atoms with Crippen molar-refractivity contribution in [1.82, 2.24) is 0 Å². The highest BCUT2D eigenvalue weighted by atomic mass is 35.5. The van der Waals surface area contributed by atoms with Crippen LogP contribution < -0.4 is 10.1 Å². The standard InChI is InChI=1S/C21H15Cl3F5NO3/c1-33-18-11(15(31)4-5-20(27,28)29)7-10(8-14(18)26)30-19(32)17-16(21(17,23)24)9-2-3-13(25)12(22)6-9/h2-3,6-8,16-17H,4-5H2,1H3,(H,30,32). The molecular formula is C21H15Cl3F5NO3. The van der Waals surface area contributed by atoms with Gasteiger partial charge in [-0.15, -0.1) is 23.2 Å². The van der Waals surface area contributed by atoms with Crippen molar-refractivity contribution in [3.63, 3.8) is 0 Å². The first kappa shape index (κ1) is 25.5. The van der Waals surface area contributed by atoms with Gasteiger partial charge in [0.1, 0.15) is 10.2 Å². The molecule has 0 saturated heterocycles. The van der Waals surface area contributed by atoms with E-state index in [0.717, 1.165) is 25.3 Å². The van der Waals surface area contributed by atoms with Crippen LogP contribution in [-0.4, -0.2) is 29.3 Å². The lowest BCUT2D eigenvalue weighted by Gasteiger charge is -2.13. The van der Waals surface area contributed by atoms with Gasteiger partial charge in [0.25, 0.3) is 0 Å². The predicted molar refractivity (Wildman–Crippen MR) is 113 cm³/mol. The predicted octanol–water partition coefficient (Wildman–Crippen LogP) is 6.68. The summed E-state index contributed by atoms with van der Waals surface area (Å²) in [6.07, 6.45) is -6.92. The molecular weight excluding hydrogens is 516 g/mol. The van der Waals surface area contributed by atoms with E-state index < -0.39 is 69.8 Å². The molecule has 1 saturated carbocycles. The van der Waals surface area contributed by atoms with Gasteiger partial charge in [0.05, 0.1) is 30.0 Å². The Kier molecular flexibility index (Phi) is 7.17. The molecule has 33 heavy (non-hydrogen) atoms. The first-order valence-electron chi connectivity index (χ1n) is 9.37. The molecule has 2 aromatic carbocycles. The van der Waals surface area contributed by atoms with Crippen LogP contribution in [0.1, 0.15) is 34.7 Å². The lowest BCUT2D eigenvalue weighted by atomic mass is 10.0. The third-order valence-corrected chi connectivity index (χ3v) is 6.32. The van der Waals surface area contributed by atoms with Crippen LogP contribution >= 0.6 is 34.8 Å². The van der Waals surface area contributed by atoms with Crippen molar-refractivity contribution in [2.24, 2.45) is 5.92 Å². The van der Waals surface area contributed by atoms with E-state index in [0.29, 0.717) is 5.56 Å². The quantitative estimate of drug-likeness (QED) is 0.247. The lowest BCUT2D eigenvalue weighted by Crippen LogP contribution is -2.18. The highest BCUT2D eigenvalue weighted by Gasteiger charge is 2.67. The number of rotatable bonds is 7. The zero-order valence-corrected chi connectivity index (χ0v) is 19.0. The maximum absolute atomic E-state index is 14.4. The third kappa shape index (κ3) is 5.53. The van der Waals surface area contributed by atoms with Gasteiger partial charge >= 0.3 is 6.18 Å². The van der Waals surface area contributed by atoms with Crippen LogP contribution in [0.5, 0.6) is 5.75 Å². The summed E-state index contributed by atoms with van der Waals surface area (Å²) in [6, 6.07) is 5.58. The van der Waals surface area contributed by atoms with E-state index in [9.17, 15) is 31.5 Å². The van der Waals surface area contributed by atoms with Gasteiger partial charge in [-0.05, 0) is 23.8 Å². The fourth-order valence-electron chi connectivity index (χ4n) is 3.46. The van der Waals surface area contributed by atoms with Crippen molar-refractivity contribution in [2.75, 3.05) is 12.4 Å². The Morgan fingerprint density at radius 3 is 2.36 bits per heavy atom. The summed E-state index contributed by atoms with van der Waals surface area (Å²) >= 11 is 18.2. The Bertz CT molecular complexity index is 1110. The Balaban J connectivity index is 1.82. The van der Waals surface area contributed by atoms with E-state index >= 15 is 0 Å². The molecule has 2 aromatic rings. The molecule has 2 unspecified atom stereocenters. The summed E-state index contributed by atoms with van der Waals surface area (Å²) in [6.45, 7) is 0. The van der Waals surface area contributed by atoms with E-state index in [1.807, 2.05) is 0 Å². The first-order valence-corrected chi connectivity index (χ1v) is 10.5. The number of halogens is 8. The highest BCUT2D eigenvalue weighted by Crippen LogP contribution is 2.65. The summed E-state index contributed by atoms with van der Waals surface area (Å²) in [5, 5.41) is 2.17. The first-order chi connectivity index (χ1) is 15.3. The number of amides is 1. The number of methoxy groups -OCH3 is 1. The normalized spacial score (nSPS) is 19.2. The average Bonchev–Trinajstić information content (AvgIpc) is 3.29. The topological polar surface area (TPSA) is 55.4 Å². The SMILES string of the molecule is COc1c(F)cc(NC(=O)C2C(c3ccc(F)c(Cl)c3)C2(Cl)Cl)cc1C(=O)CCC(F)(F)F. The van der Waals surface area contributed by atoms with E-state index in [1.54, 1.807) is 0 Å². The molecule has 0 radical (unpaired) electrons. The van der Waals surface area contributed by atoms with Crippen LogP contribution in [0.15, 0.2) is 30.3 Å². The molecule has 0 heterocycles. The number of ketones is 1. The van der Waals surface area contributed by atoms with Gasteiger partial charge < -0.3 is 10.1 Å². The van der Waals surface area contributed by atoms with E-state index in [2.05, 4.69) is 5.32 Å². The van der Waals surface area contributed by atoms with Gasteiger partial charge in [-0.2, -0.15) is 13.2 Å². The molecule has 1 N–H and O–H groups in total. The second-order valence-corrected chi connectivity index (χ2v) is 9.22. The zero-order valence-electron chi connectivity index (χ0n) is 16.7. The minimum Gasteiger partial charge on any atom is -0.493 e. The number of hydrogen-bond donors (Lipinski definition) is 1. The molecule has 0 aliphatic heterocycles. The smallest absolute Gasteiger partial charge is 0.389 e. The maximum atomic E-state index is 14.4. The number of carbonyl (C=O) groups excluding carboxylic acids is 2. The number of benzene rings is 2. The van der Waals surface area contributed by atoms with Gasteiger partial charge in [0.15, 0.2) is 17.3 Å². The van der Waals surface area contributed by atoms with Crippen molar-refractivity contribution in [2.45, 2.75) is 29.3 Å². The summed E-state index contributed by atoms with van der Waals surface area (Å²) in [4.78, 5) is 25.0. The van der Waals surface area contributed by atoms with Crippen LogP contribution in [-0.2, 0) is 4.79 Å². The number of carbonyl (C=O) groups is 2. The minimum absolute atomic E-state index is 0.193. The van der Waals surface area contributed by atoms with Crippen molar-refractivity contribution in [3.05, 3.63) is 58.1 Å². The lowest BCUT2D eigenvalue weighted by molar-refractivity contribution is -0.133. The summed E-state index contributed by atoms with van der Waals surface area (Å²) in [5.74, 6) is -5.84. The van der Waals surface area contributed by atoms with Crippen molar-refractivity contribution >= 4 is 52.2 Å². The Hall–Kier alpha value is -2.10. The summed E-state index contributed by atoms with van der Waals surface area (Å²) in [5.41, 5.74) is -0.270. The largest absolute Gasteiger partial charge is 0.493 e. The van der Waals surface area contributed by atoms with E-state index in [1.165, 1.54) is 12.1 Å². The monoisotopic (exact) mass is 529 g/mol. The molecule has 4 nitrogen and oxygen atoms in total. The molecule has 1 amide bonds. The number of anilines is 1. The maximum Gasteiger partial charge on any atom is 0.389 e. The number of Topliss-reactive ketones (excluding diaryl/α,β-unsaturated/α-hetero) is 1. The molecule has 1 aliphatic carbocycles. The highest BCUT2D eigenvalue weighted by molar-refractivity contribution is 6.53. The molecule has 1 aliphatic rings. The number of nitrogens with one attached hydrogen (secondary N) is 1. The van der Waals surface area contributed by atoms with Crippen molar-refractivity contribution < 1.29 is 36.3 Å². The van der Waals surface area contributed by atoms with Crippen LogP contribution in [0.3, 0.4) is 0 Å². The molecule has 0 bridgehead atoms. The molecule has 12 heteroatoms. The van der Waals surface area contributed by atoms with E-state index in [4.69, 9.17) is 39.5 Å². The number of alkyl halides is 5. The summed E-state index contributed by atoms with van der Waals surface area (Å²) in [7, 11) is 1.05. The fraction of sp³-hybridized carbons (Fsp3) is 0.333.